The third-order valence-corrected chi connectivity index (χ3v) is 4.03. The lowest BCUT2D eigenvalue weighted by molar-refractivity contribution is 0.399. The van der Waals surface area contributed by atoms with Crippen LogP contribution < -0.4 is 5.32 Å². The lowest BCUT2D eigenvalue weighted by atomic mass is 9.97. The third kappa shape index (κ3) is 3.74. The average Bonchev–Trinajstić information content (AvgIpc) is 2.35. The van der Waals surface area contributed by atoms with E-state index in [1.807, 2.05) is 18.2 Å². The van der Waals surface area contributed by atoms with Crippen LogP contribution in [0.25, 0.3) is 6.08 Å². The number of halogens is 2. The SMILES string of the molecule is C/C(=C/c1c(Cl)cccc1Cl)CC1CCCCN1. The summed E-state index contributed by atoms with van der Waals surface area (Å²) in [6, 6.07) is 6.24. The highest BCUT2D eigenvalue weighted by Crippen LogP contribution is 2.27. The van der Waals surface area contributed by atoms with Gasteiger partial charge >= 0.3 is 0 Å². The Morgan fingerprint density at radius 3 is 2.67 bits per heavy atom. The Morgan fingerprint density at radius 2 is 2.06 bits per heavy atom. The Kier molecular flexibility index (Phi) is 5.11. The minimum Gasteiger partial charge on any atom is -0.314 e. The molecule has 1 fully saturated rings. The van der Waals surface area contributed by atoms with Gasteiger partial charge in [0, 0.05) is 21.7 Å². The number of nitrogens with one attached hydrogen (secondary N) is 1. The van der Waals surface area contributed by atoms with Crippen molar-refractivity contribution in [2.75, 3.05) is 6.54 Å². The zero-order valence-corrected chi connectivity index (χ0v) is 12.2. The summed E-state index contributed by atoms with van der Waals surface area (Å²) < 4.78 is 0. The minimum atomic E-state index is 0.608. The molecule has 1 unspecified atom stereocenters. The van der Waals surface area contributed by atoms with Crippen molar-refractivity contribution < 1.29 is 0 Å². The van der Waals surface area contributed by atoms with Gasteiger partial charge in [-0.15, -0.1) is 0 Å². The maximum Gasteiger partial charge on any atom is 0.0493 e. The van der Waals surface area contributed by atoms with Crippen LogP contribution in [0.15, 0.2) is 23.8 Å². The van der Waals surface area contributed by atoms with Gasteiger partial charge in [0.2, 0.25) is 0 Å². The molecule has 0 spiro atoms. The van der Waals surface area contributed by atoms with E-state index in [4.69, 9.17) is 23.2 Å². The van der Waals surface area contributed by atoms with E-state index in [0.717, 1.165) is 28.6 Å². The number of rotatable bonds is 3. The molecule has 1 aliphatic rings. The highest BCUT2D eigenvalue weighted by Gasteiger charge is 2.13. The van der Waals surface area contributed by atoms with Crippen LogP contribution >= 0.6 is 23.2 Å². The number of hydrogen-bond donors (Lipinski definition) is 1. The van der Waals surface area contributed by atoms with Crippen LogP contribution in [0.5, 0.6) is 0 Å². The van der Waals surface area contributed by atoms with E-state index in [9.17, 15) is 0 Å². The normalized spacial score (nSPS) is 21.1. The second-order valence-electron chi connectivity index (χ2n) is 4.98. The van der Waals surface area contributed by atoms with E-state index in [-0.39, 0.29) is 0 Å². The summed E-state index contributed by atoms with van der Waals surface area (Å²) in [6.07, 6.45) is 7.08. The van der Waals surface area contributed by atoms with E-state index >= 15 is 0 Å². The molecule has 0 bridgehead atoms. The van der Waals surface area contributed by atoms with Crippen molar-refractivity contribution in [3.05, 3.63) is 39.4 Å². The molecule has 1 N–H and O–H groups in total. The molecule has 0 amide bonds. The molecule has 0 saturated carbocycles. The maximum atomic E-state index is 6.17. The molecule has 1 aromatic rings. The van der Waals surface area contributed by atoms with Gasteiger partial charge in [-0.3, -0.25) is 0 Å². The molecule has 98 valence electrons. The molecule has 1 aliphatic heterocycles. The molecule has 3 heteroatoms. The lowest BCUT2D eigenvalue weighted by Crippen LogP contribution is -2.33. The molecule has 1 aromatic carbocycles. The summed E-state index contributed by atoms with van der Waals surface area (Å²) in [7, 11) is 0. The first-order chi connectivity index (χ1) is 8.66. The van der Waals surface area contributed by atoms with Crippen LogP contribution in [0.1, 0.15) is 38.2 Å². The Morgan fingerprint density at radius 1 is 1.33 bits per heavy atom. The van der Waals surface area contributed by atoms with Gasteiger partial charge < -0.3 is 5.32 Å². The summed E-state index contributed by atoms with van der Waals surface area (Å²) in [5, 5.41) is 5.00. The summed E-state index contributed by atoms with van der Waals surface area (Å²) in [5.74, 6) is 0. The number of benzene rings is 1. The monoisotopic (exact) mass is 283 g/mol. The van der Waals surface area contributed by atoms with Crippen molar-refractivity contribution in [1.82, 2.24) is 5.32 Å². The summed E-state index contributed by atoms with van der Waals surface area (Å²) in [6.45, 7) is 3.29. The molecular formula is C15H19Cl2N. The van der Waals surface area contributed by atoms with Crippen molar-refractivity contribution in [2.45, 2.75) is 38.6 Å². The molecule has 2 rings (SSSR count). The second kappa shape index (κ2) is 6.60. The summed E-state index contributed by atoms with van der Waals surface area (Å²) >= 11 is 12.3. The Balaban J connectivity index is 2.07. The number of hydrogen-bond acceptors (Lipinski definition) is 1. The first kappa shape index (κ1) is 13.9. The van der Waals surface area contributed by atoms with Crippen LogP contribution in [0.2, 0.25) is 10.0 Å². The smallest absolute Gasteiger partial charge is 0.0493 e. The summed E-state index contributed by atoms with van der Waals surface area (Å²) in [5.41, 5.74) is 2.26. The van der Waals surface area contributed by atoms with Gasteiger partial charge in [0.1, 0.15) is 0 Å². The minimum absolute atomic E-state index is 0.608. The van der Waals surface area contributed by atoms with Crippen LogP contribution in [0.4, 0.5) is 0 Å². The Labute approximate surface area is 119 Å². The fourth-order valence-electron chi connectivity index (χ4n) is 2.44. The van der Waals surface area contributed by atoms with Gasteiger partial charge in [-0.1, -0.05) is 47.3 Å². The van der Waals surface area contributed by atoms with Crippen molar-refractivity contribution >= 4 is 29.3 Å². The fourth-order valence-corrected chi connectivity index (χ4v) is 2.95. The van der Waals surface area contributed by atoms with Gasteiger partial charge in [-0.25, -0.2) is 0 Å². The second-order valence-corrected chi connectivity index (χ2v) is 5.79. The Hall–Kier alpha value is -0.500. The van der Waals surface area contributed by atoms with Crippen molar-refractivity contribution in [1.29, 1.82) is 0 Å². The first-order valence-corrected chi connectivity index (χ1v) is 7.27. The maximum absolute atomic E-state index is 6.17. The van der Waals surface area contributed by atoms with Crippen molar-refractivity contribution in [3.63, 3.8) is 0 Å². The third-order valence-electron chi connectivity index (χ3n) is 3.37. The molecule has 1 saturated heterocycles. The zero-order valence-electron chi connectivity index (χ0n) is 10.7. The molecule has 0 aromatic heterocycles. The van der Waals surface area contributed by atoms with Crippen LogP contribution in [0.3, 0.4) is 0 Å². The lowest BCUT2D eigenvalue weighted by Gasteiger charge is -2.23. The van der Waals surface area contributed by atoms with E-state index in [0.29, 0.717) is 6.04 Å². The van der Waals surface area contributed by atoms with E-state index in [1.54, 1.807) is 0 Å². The number of piperidine rings is 1. The highest BCUT2D eigenvalue weighted by atomic mass is 35.5. The first-order valence-electron chi connectivity index (χ1n) is 6.51. The fraction of sp³-hybridized carbons (Fsp3) is 0.467. The topological polar surface area (TPSA) is 12.0 Å². The predicted octanol–water partition coefficient (Wildman–Crippen LogP) is 4.93. The van der Waals surface area contributed by atoms with Gasteiger partial charge in [0.05, 0.1) is 0 Å². The van der Waals surface area contributed by atoms with E-state index in [2.05, 4.69) is 18.3 Å². The highest BCUT2D eigenvalue weighted by molar-refractivity contribution is 6.37. The van der Waals surface area contributed by atoms with E-state index < -0.39 is 0 Å². The van der Waals surface area contributed by atoms with Crippen LogP contribution in [-0.4, -0.2) is 12.6 Å². The molecular weight excluding hydrogens is 265 g/mol. The standard InChI is InChI=1S/C15H19Cl2N/c1-11(9-12-5-2-3-8-18-12)10-13-14(16)6-4-7-15(13)17/h4,6-7,10,12,18H,2-3,5,8-9H2,1H3/b11-10-. The molecule has 1 heterocycles. The molecule has 0 radical (unpaired) electrons. The molecule has 0 aliphatic carbocycles. The van der Waals surface area contributed by atoms with Gasteiger partial charge in [0.15, 0.2) is 0 Å². The van der Waals surface area contributed by atoms with Crippen molar-refractivity contribution in [3.8, 4) is 0 Å². The predicted molar refractivity (Wildman–Crippen MR) is 80.4 cm³/mol. The van der Waals surface area contributed by atoms with Gasteiger partial charge in [-0.2, -0.15) is 0 Å². The zero-order chi connectivity index (χ0) is 13.0. The summed E-state index contributed by atoms with van der Waals surface area (Å²) in [4.78, 5) is 0. The largest absolute Gasteiger partial charge is 0.314 e. The van der Waals surface area contributed by atoms with Crippen LogP contribution in [-0.2, 0) is 0 Å². The van der Waals surface area contributed by atoms with E-state index in [1.165, 1.54) is 24.8 Å². The quantitative estimate of drug-likeness (QED) is 0.830. The van der Waals surface area contributed by atoms with Crippen LogP contribution in [0, 0.1) is 0 Å². The molecule has 1 atom stereocenters. The van der Waals surface area contributed by atoms with Crippen molar-refractivity contribution in [2.24, 2.45) is 0 Å². The van der Waals surface area contributed by atoms with Gasteiger partial charge in [0.25, 0.3) is 0 Å². The average molecular weight is 284 g/mol. The van der Waals surface area contributed by atoms with Gasteiger partial charge in [-0.05, 0) is 44.9 Å². The molecule has 1 nitrogen and oxygen atoms in total. The Bertz CT molecular complexity index is 414. The molecule has 18 heavy (non-hydrogen) atoms.